The van der Waals surface area contributed by atoms with Crippen molar-refractivity contribution >= 4 is 41.8 Å². The Morgan fingerprint density at radius 2 is 1.93 bits per heavy atom. The highest BCUT2D eigenvalue weighted by atomic mass is 35.5. The average Bonchev–Trinajstić information content (AvgIpc) is 3.33. The van der Waals surface area contributed by atoms with Gasteiger partial charge in [-0.05, 0) is 57.7 Å². The monoisotopic (exact) mass is 440 g/mol. The lowest BCUT2D eigenvalue weighted by atomic mass is 9.95. The number of carbonyl (C=O) groups is 1. The fourth-order valence-corrected chi connectivity index (χ4v) is 3.33. The van der Waals surface area contributed by atoms with Gasteiger partial charge in [-0.3, -0.25) is 4.79 Å². The van der Waals surface area contributed by atoms with Crippen LogP contribution in [-0.4, -0.2) is 27.5 Å². The van der Waals surface area contributed by atoms with Crippen LogP contribution in [0.15, 0.2) is 18.2 Å². The Kier molecular flexibility index (Phi) is 7.42. The van der Waals surface area contributed by atoms with E-state index in [0.717, 1.165) is 17.4 Å². The van der Waals surface area contributed by atoms with Crippen LogP contribution in [-0.2, 0) is 6.18 Å². The number of alkyl halides is 3. The molecule has 0 saturated heterocycles. The summed E-state index contributed by atoms with van der Waals surface area (Å²) in [6, 6.07) is 4.04. The van der Waals surface area contributed by atoms with Gasteiger partial charge in [0.05, 0.1) is 16.6 Å². The molecular weight excluding hydrogens is 416 g/mol. The van der Waals surface area contributed by atoms with E-state index in [9.17, 15) is 18.0 Å². The molecule has 1 aromatic carbocycles. The average molecular weight is 441 g/mol. The fraction of sp³-hybridized carbons (Fsp3) is 0.556. The van der Waals surface area contributed by atoms with Crippen LogP contribution in [0.25, 0.3) is 11.0 Å². The lowest BCUT2D eigenvalue weighted by Crippen LogP contribution is -2.53. The maximum Gasteiger partial charge on any atom is 0.449 e. The van der Waals surface area contributed by atoms with Crippen molar-refractivity contribution in [2.45, 2.75) is 51.4 Å². The summed E-state index contributed by atoms with van der Waals surface area (Å²) in [5.74, 6) is -0.957. The minimum absolute atomic E-state index is 0. The van der Waals surface area contributed by atoms with Gasteiger partial charge >= 0.3 is 6.18 Å². The zero-order valence-electron chi connectivity index (χ0n) is 15.8. The third-order valence-electron chi connectivity index (χ3n) is 5.02. The van der Waals surface area contributed by atoms with Crippen LogP contribution in [0.2, 0.25) is 0 Å². The summed E-state index contributed by atoms with van der Waals surface area (Å²) in [6.45, 7) is 5.54. The highest BCUT2D eigenvalue weighted by molar-refractivity contribution is 5.98. The van der Waals surface area contributed by atoms with E-state index in [1.165, 1.54) is 18.2 Å². The number of benzene rings is 1. The van der Waals surface area contributed by atoms with Gasteiger partial charge in [0.2, 0.25) is 5.82 Å². The number of nitrogens with one attached hydrogen (secondary N) is 1. The van der Waals surface area contributed by atoms with Crippen molar-refractivity contribution in [3.05, 3.63) is 29.6 Å². The first-order valence-corrected chi connectivity index (χ1v) is 8.68. The third kappa shape index (κ3) is 4.55. The number of fused-ring (bicyclic) bond motifs is 1. The zero-order chi connectivity index (χ0) is 19.3. The van der Waals surface area contributed by atoms with Crippen molar-refractivity contribution < 1.29 is 18.0 Å². The molecule has 1 fully saturated rings. The number of halogens is 5. The Labute approximate surface area is 174 Å². The quantitative estimate of drug-likeness (QED) is 0.725. The van der Waals surface area contributed by atoms with Crippen molar-refractivity contribution in [3.63, 3.8) is 0 Å². The van der Waals surface area contributed by atoms with Gasteiger partial charge in [0.15, 0.2) is 0 Å². The number of nitrogens with zero attached hydrogens (tertiary/aromatic N) is 2. The maximum atomic E-state index is 13.3. The number of carbonyl (C=O) groups excluding carboxylic acids is 1. The van der Waals surface area contributed by atoms with Crippen LogP contribution in [0.5, 0.6) is 0 Å². The van der Waals surface area contributed by atoms with E-state index in [0.29, 0.717) is 18.0 Å². The molecule has 1 amide bonds. The normalized spacial score (nSPS) is 16.3. The minimum atomic E-state index is -4.56. The molecular formula is C18H25Cl2F3N4O. The summed E-state index contributed by atoms with van der Waals surface area (Å²) in [5.41, 5.74) is 6.10. The smallest absolute Gasteiger partial charge is 0.345 e. The van der Waals surface area contributed by atoms with Crippen molar-refractivity contribution in [2.24, 2.45) is 11.7 Å². The highest BCUT2D eigenvalue weighted by Crippen LogP contribution is 2.39. The van der Waals surface area contributed by atoms with Gasteiger partial charge in [-0.1, -0.05) is 0 Å². The first kappa shape index (κ1) is 24.5. The standard InChI is InChI=1S/C18H23F3N4O.2ClH/c1-10(2)25-14-7-4-11(8-13(14)23-16(25)18(19,20)21)15(26)24-17(3,9-22)12-5-6-12;;/h4,7-8,10,12H,5-6,9,22H2,1-3H3,(H,24,26);2*1H. The third-order valence-corrected chi connectivity index (χ3v) is 5.02. The van der Waals surface area contributed by atoms with Crippen LogP contribution >= 0.6 is 24.8 Å². The molecule has 0 radical (unpaired) electrons. The predicted molar refractivity (Wildman–Crippen MR) is 107 cm³/mol. The molecule has 1 aromatic heterocycles. The van der Waals surface area contributed by atoms with E-state index in [2.05, 4.69) is 10.3 Å². The zero-order valence-corrected chi connectivity index (χ0v) is 17.5. The first-order valence-electron chi connectivity index (χ1n) is 8.68. The Hall–Kier alpha value is -1.51. The molecule has 3 N–H and O–H groups in total. The van der Waals surface area contributed by atoms with Gasteiger partial charge in [-0.25, -0.2) is 4.98 Å². The topological polar surface area (TPSA) is 72.9 Å². The van der Waals surface area contributed by atoms with E-state index in [1.54, 1.807) is 13.8 Å². The van der Waals surface area contributed by atoms with E-state index in [4.69, 9.17) is 5.73 Å². The number of hydrogen-bond donors (Lipinski definition) is 2. The molecule has 10 heteroatoms. The van der Waals surface area contributed by atoms with E-state index in [-0.39, 0.29) is 41.8 Å². The molecule has 1 aliphatic rings. The molecule has 3 rings (SSSR count). The summed E-state index contributed by atoms with van der Waals surface area (Å²) in [6.07, 6.45) is -2.53. The molecule has 5 nitrogen and oxygen atoms in total. The molecule has 1 atom stereocenters. The number of aromatic nitrogens is 2. The summed E-state index contributed by atoms with van der Waals surface area (Å²) in [7, 11) is 0. The van der Waals surface area contributed by atoms with Gasteiger partial charge in [-0.2, -0.15) is 13.2 Å². The summed E-state index contributed by atoms with van der Waals surface area (Å²) >= 11 is 0. The van der Waals surface area contributed by atoms with Crippen molar-refractivity contribution in [1.29, 1.82) is 0 Å². The Morgan fingerprint density at radius 1 is 1.32 bits per heavy atom. The van der Waals surface area contributed by atoms with Gasteiger partial charge < -0.3 is 15.6 Å². The molecule has 0 spiro atoms. The molecule has 2 aromatic rings. The van der Waals surface area contributed by atoms with Crippen LogP contribution in [0, 0.1) is 5.92 Å². The van der Waals surface area contributed by atoms with E-state index >= 15 is 0 Å². The lowest BCUT2D eigenvalue weighted by molar-refractivity contribution is -0.147. The van der Waals surface area contributed by atoms with Gasteiger partial charge in [0.25, 0.3) is 5.91 Å². The number of hydrogen-bond acceptors (Lipinski definition) is 3. The second-order valence-electron chi connectivity index (χ2n) is 7.45. The largest absolute Gasteiger partial charge is 0.449 e. The van der Waals surface area contributed by atoms with E-state index in [1.807, 2.05) is 6.92 Å². The van der Waals surface area contributed by atoms with Gasteiger partial charge in [-0.15, -0.1) is 24.8 Å². The fourth-order valence-electron chi connectivity index (χ4n) is 3.33. The molecule has 158 valence electrons. The Balaban J connectivity index is 0.00000196. The van der Waals surface area contributed by atoms with Gasteiger partial charge in [0, 0.05) is 18.2 Å². The number of amides is 1. The van der Waals surface area contributed by atoms with E-state index < -0.39 is 23.6 Å². The first-order chi connectivity index (χ1) is 12.1. The molecule has 0 aliphatic heterocycles. The number of rotatable bonds is 5. The Bertz CT molecular complexity index is 849. The predicted octanol–water partition coefficient (Wildman–Crippen LogP) is 4.34. The SMILES string of the molecule is CC(C)n1c(C(F)(F)F)nc2cc(C(=O)NC(C)(CN)C3CC3)ccc21.Cl.Cl. The summed E-state index contributed by atoms with van der Waals surface area (Å²) < 4.78 is 41.0. The van der Waals surface area contributed by atoms with Crippen LogP contribution in [0.1, 0.15) is 55.8 Å². The van der Waals surface area contributed by atoms with Crippen LogP contribution < -0.4 is 11.1 Å². The number of nitrogens with two attached hydrogens (primary N) is 1. The van der Waals surface area contributed by atoms with Crippen LogP contribution in [0.3, 0.4) is 0 Å². The van der Waals surface area contributed by atoms with Crippen LogP contribution in [0.4, 0.5) is 13.2 Å². The van der Waals surface area contributed by atoms with Crippen molar-refractivity contribution in [2.75, 3.05) is 6.54 Å². The molecule has 1 heterocycles. The lowest BCUT2D eigenvalue weighted by Gasteiger charge is -2.29. The Morgan fingerprint density at radius 3 is 2.39 bits per heavy atom. The minimum Gasteiger partial charge on any atom is -0.345 e. The summed E-state index contributed by atoms with van der Waals surface area (Å²) in [5, 5.41) is 2.94. The highest BCUT2D eigenvalue weighted by Gasteiger charge is 2.42. The second-order valence-corrected chi connectivity index (χ2v) is 7.45. The molecule has 1 unspecified atom stereocenters. The molecule has 1 saturated carbocycles. The number of imidazole rings is 1. The second kappa shape index (κ2) is 8.47. The molecule has 0 bridgehead atoms. The summed E-state index contributed by atoms with van der Waals surface area (Å²) in [4.78, 5) is 16.3. The van der Waals surface area contributed by atoms with Crippen molar-refractivity contribution in [3.8, 4) is 0 Å². The molecule has 1 aliphatic carbocycles. The molecule has 28 heavy (non-hydrogen) atoms. The maximum absolute atomic E-state index is 13.3. The van der Waals surface area contributed by atoms with Gasteiger partial charge in [0.1, 0.15) is 0 Å². The van der Waals surface area contributed by atoms with Crippen molar-refractivity contribution in [1.82, 2.24) is 14.9 Å².